The van der Waals surface area contributed by atoms with E-state index >= 15 is 0 Å². The summed E-state index contributed by atoms with van der Waals surface area (Å²) in [7, 11) is 0. The summed E-state index contributed by atoms with van der Waals surface area (Å²) in [5.41, 5.74) is 1.69. The SMILES string of the molecule is CCOC1=NC(O)=C(c2ccc(Cl)cc2)C1. The summed E-state index contributed by atoms with van der Waals surface area (Å²) in [5.74, 6) is 0.593. The molecule has 0 saturated heterocycles. The zero-order chi connectivity index (χ0) is 11.5. The van der Waals surface area contributed by atoms with E-state index in [1.165, 1.54) is 0 Å². The van der Waals surface area contributed by atoms with Crippen molar-refractivity contribution in [3.8, 4) is 0 Å². The van der Waals surface area contributed by atoms with Gasteiger partial charge in [-0.2, -0.15) is 4.99 Å². The lowest BCUT2D eigenvalue weighted by molar-refractivity contribution is 0.319. The Labute approximate surface area is 99.0 Å². The second kappa shape index (κ2) is 4.58. The quantitative estimate of drug-likeness (QED) is 0.857. The van der Waals surface area contributed by atoms with Gasteiger partial charge in [-0.15, -0.1) is 0 Å². The van der Waals surface area contributed by atoms with Crippen molar-refractivity contribution in [1.29, 1.82) is 0 Å². The highest BCUT2D eigenvalue weighted by atomic mass is 35.5. The molecule has 2 rings (SSSR count). The van der Waals surface area contributed by atoms with Crippen molar-refractivity contribution in [3.63, 3.8) is 0 Å². The van der Waals surface area contributed by atoms with Crippen molar-refractivity contribution in [2.75, 3.05) is 6.61 Å². The minimum absolute atomic E-state index is 0.0331. The zero-order valence-corrected chi connectivity index (χ0v) is 9.66. The molecule has 1 N–H and O–H groups in total. The first-order chi connectivity index (χ1) is 7.70. The third-order valence-electron chi connectivity index (χ3n) is 2.33. The molecule has 0 amide bonds. The number of hydrogen-bond acceptors (Lipinski definition) is 3. The van der Waals surface area contributed by atoms with Gasteiger partial charge < -0.3 is 9.84 Å². The molecule has 0 unspecified atom stereocenters. The number of aliphatic hydroxyl groups is 1. The molecule has 0 fully saturated rings. The standard InChI is InChI=1S/C12H12ClNO2/c1-2-16-11-7-10(12(15)14-11)8-3-5-9(13)6-4-8/h3-6,15H,2,7H2,1H3. The zero-order valence-electron chi connectivity index (χ0n) is 8.90. The second-order valence-corrected chi connectivity index (χ2v) is 3.86. The van der Waals surface area contributed by atoms with Crippen LogP contribution in [0.15, 0.2) is 35.1 Å². The van der Waals surface area contributed by atoms with E-state index in [0.717, 1.165) is 11.1 Å². The Morgan fingerprint density at radius 2 is 2.06 bits per heavy atom. The summed E-state index contributed by atoms with van der Waals surface area (Å²) < 4.78 is 5.27. The second-order valence-electron chi connectivity index (χ2n) is 3.42. The number of aliphatic imine (C=N–C) groups is 1. The number of nitrogens with zero attached hydrogens (tertiary/aromatic N) is 1. The lowest BCUT2D eigenvalue weighted by Gasteiger charge is -2.03. The number of benzene rings is 1. The van der Waals surface area contributed by atoms with Gasteiger partial charge in [0.2, 0.25) is 5.88 Å². The first-order valence-electron chi connectivity index (χ1n) is 5.09. The van der Waals surface area contributed by atoms with Crippen LogP contribution in [0.2, 0.25) is 5.02 Å². The van der Waals surface area contributed by atoms with Gasteiger partial charge in [0.05, 0.1) is 13.0 Å². The van der Waals surface area contributed by atoms with E-state index < -0.39 is 0 Å². The number of ether oxygens (including phenoxy) is 1. The van der Waals surface area contributed by atoms with E-state index in [0.29, 0.717) is 23.9 Å². The molecule has 1 aliphatic rings. The fourth-order valence-corrected chi connectivity index (χ4v) is 1.71. The summed E-state index contributed by atoms with van der Waals surface area (Å²) in [6.45, 7) is 2.44. The van der Waals surface area contributed by atoms with E-state index in [4.69, 9.17) is 16.3 Å². The van der Waals surface area contributed by atoms with Crippen molar-refractivity contribution < 1.29 is 9.84 Å². The fraction of sp³-hybridized carbons (Fsp3) is 0.250. The van der Waals surface area contributed by atoms with Crippen LogP contribution in [0.5, 0.6) is 0 Å². The van der Waals surface area contributed by atoms with Gasteiger partial charge in [0.15, 0.2) is 5.90 Å². The molecule has 0 saturated carbocycles. The summed E-state index contributed by atoms with van der Waals surface area (Å²) in [6.07, 6.45) is 0.529. The Morgan fingerprint density at radius 3 is 2.69 bits per heavy atom. The predicted octanol–water partition coefficient (Wildman–Crippen LogP) is 3.41. The van der Waals surface area contributed by atoms with Crippen LogP contribution in [0.1, 0.15) is 18.9 Å². The number of halogens is 1. The first kappa shape index (κ1) is 11.0. The van der Waals surface area contributed by atoms with Crippen LogP contribution in [0.25, 0.3) is 5.57 Å². The van der Waals surface area contributed by atoms with Crippen molar-refractivity contribution >= 4 is 23.1 Å². The average molecular weight is 238 g/mol. The number of aliphatic hydroxyl groups excluding tert-OH is 1. The Kier molecular flexibility index (Phi) is 3.15. The smallest absolute Gasteiger partial charge is 0.218 e. The van der Waals surface area contributed by atoms with Gasteiger partial charge in [0.25, 0.3) is 0 Å². The van der Waals surface area contributed by atoms with E-state index in [1.54, 1.807) is 12.1 Å². The lowest BCUT2D eigenvalue weighted by Crippen LogP contribution is -2.01. The summed E-state index contributed by atoms with van der Waals surface area (Å²) in [4.78, 5) is 3.96. The topological polar surface area (TPSA) is 41.8 Å². The Hall–Kier alpha value is -1.48. The van der Waals surface area contributed by atoms with E-state index in [2.05, 4.69) is 4.99 Å². The molecule has 84 valence electrons. The molecule has 0 aromatic heterocycles. The molecular formula is C12H12ClNO2. The Bertz CT molecular complexity index is 449. The molecule has 0 bridgehead atoms. The average Bonchev–Trinajstić information content (AvgIpc) is 2.61. The van der Waals surface area contributed by atoms with Crippen LogP contribution in [0.3, 0.4) is 0 Å². The molecule has 4 heteroatoms. The maximum atomic E-state index is 9.69. The van der Waals surface area contributed by atoms with Gasteiger partial charge in [-0.1, -0.05) is 23.7 Å². The Balaban J connectivity index is 2.19. The normalized spacial score (nSPS) is 15.2. The first-order valence-corrected chi connectivity index (χ1v) is 5.47. The predicted molar refractivity (Wildman–Crippen MR) is 64.7 cm³/mol. The highest BCUT2D eigenvalue weighted by Gasteiger charge is 2.19. The molecule has 0 radical (unpaired) electrons. The maximum absolute atomic E-state index is 9.69. The molecule has 1 aromatic carbocycles. The van der Waals surface area contributed by atoms with E-state index in [-0.39, 0.29) is 5.88 Å². The molecule has 0 spiro atoms. The van der Waals surface area contributed by atoms with Crippen molar-refractivity contribution in [2.24, 2.45) is 4.99 Å². The molecule has 0 aliphatic carbocycles. The molecule has 1 heterocycles. The minimum atomic E-state index is 0.0331. The molecule has 16 heavy (non-hydrogen) atoms. The van der Waals surface area contributed by atoms with Crippen LogP contribution in [-0.4, -0.2) is 17.6 Å². The van der Waals surface area contributed by atoms with Crippen LogP contribution in [0.4, 0.5) is 0 Å². The van der Waals surface area contributed by atoms with E-state index in [1.807, 2.05) is 19.1 Å². The molecule has 3 nitrogen and oxygen atoms in total. The van der Waals surface area contributed by atoms with Crippen molar-refractivity contribution in [1.82, 2.24) is 0 Å². The molecule has 0 atom stereocenters. The van der Waals surface area contributed by atoms with Gasteiger partial charge in [0.1, 0.15) is 0 Å². The van der Waals surface area contributed by atoms with Gasteiger partial charge in [-0.05, 0) is 24.6 Å². The summed E-state index contributed by atoms with van der Waals surface area (Å²) in [5, 5.41) is 10.4. The lowest BCUT2D eigenvalue weighted by atomic mass is 10.0. The van der Waals surface area contributed by atoms with Crippen LogP contribution in [-0.2, 0) is 4.74 Å². The largest absolute Gasteiger partial charge is 0.493 e. The molecular weight excluding hydrogens is 226 g/mol. The Morgan fingerprint density at radius 1 is 1.38 bits per heavy atom. The van der Waals surface area contributed by atoms with Crippen molar-refractivity contribution in [3.05, 3.63) is 40.7 Å². The maximum Gasteiger partial charge on any atom is 0.218 e. The van der Waals surface area contributed by atoms with Crippen LogP contribution < -0.4 is 0 Å². The highest BCUT2D eigenvalue weighted by molar-refractivity contribution is 6.30. The number of rotatable bonds is 2. The van der Waals surface area contributed by atoms with E-state index in [9.17, 15) is 5.11 Å². The van der Waals surface area contributed by atoms with Gasteiger partial charge in [-0.25, -0.2) is 0 Å². The van der Waals surface area contributed by atoms with Crippen molar-refractivity contribution in [2.45, 2.75) is 13.3 Å². The third kappa shape index (κ3) is 2.19. The van der Waals surface area contributed by atoms with Crippen LogP contribution >= 0.6 is 11.6 Å². The van der Waals surface area contributed by atoms with Gasteiger partial charge in [-0.3, -0.25) is 0 Å². The summed E-state index contributed by atoms with van der Waals surface area (Å²) >= 11 is 5.80. The van der Waals surface area contributed by atoms with Crippen LogP contribution in [0, 0.1) is 0 Å². The minimum Gasteiger partial charge on any atom is -0.493 e. The monoisotopic (exact) mass is 237 g/mol. The number of hydrogen-bond donors (Lipinski definition) is 1. The highest BCUT2D eigenvalue weighted by Crippen LogP contribution is 2.28. The summed E-state index contributed by atoms with van der Waals surface area (Å²) in [6, 6.07) is 7.29. The molecule has 1 aliphatic heterocycles. The van der Waals surface area contributed by atoms with Gasteiger partial charge >= 0.3 is 0 Å². The third-order valence-corrected chi connectivity index (χ3v) is 2.58. The van der Waals surface area contributed by atoms with Gasteiger partial charge in [0, 0.05) is 10.6 Å². The molecule has 1 aromatic rings. The fourth-order valence-electron chi connectivity index (χ4n) is 1.59.